The number of fused-ring (bicyclic) bond motifs is 3. The molecule has 0 atom stereocenters. The third-order valence-electron chi connectivity index (χ3n) is 3.22. The normalized spacial score (nSPS) is 11.1. The van der Waals surface area contributed by atoms with Gasteiger partial charge in [0.2, 0.25) is 0 Å². The molecule has 5 heteroatoms. The van der Waals surface area contributed by atoms with Gasteiger partial charge >= 0.3 is 6.16 Å². The largest absolute Gasteiger partial charge is 0.503 e. The Morgan fingerprint density at radius 2 is 1.41 bits per heavy atom. The molecule has 0 fully saturated rings. The molecule has 0 radical (unpaired) electrons. The van der Waals surface area contributed by atoms with Crippen molar-refractivity contribution < 1.29 is 19.7 Å². The van der Waals surface area contributed by atoms with Gasteiger partial charge in [-0.15, -0.1) is 0 Å². The minimum atomic E-state index is -1.83. The summed E-state index contributed by atoms with van der Waals surface area (Å²) in [6, 6.07) is 20.5. The standard InChI is InChI=1S/C16H11NO.CH2O3/c1-2-6-12-10-16-14(9-11(12)5-1)17-13-7-3-4-8-15(13)18-16;2-1(3)4/h1-10,17H;(H2,2,3,4). The van der Waals surface area contributed by atoms with Crippen LogP contribution >= 0.6 is 0 Å². The Labute approximate surface area is 126 Å². The topological polar surface area (TPSA) is 78.8 Å². The van der Waals surface area contributed by atoms with E-state index in [9.17, 15) is 0 Å². The van der Waals surface area contributed by atoms with E-state index >= 15 is 0 Å². The molecule has 110 valence electrons. The second kappa shape index (κ2) is 5.65. The highest BCUT2D eigenvalue weighted by molar-refractivity contribution is 5.91. The van der Waals surface area contributed by atoms with Crippen LogP contribution in [0.2, 0.25) is 0 Å². The van der Waals surface area contributed by atoms with E-state index in [0.29, 0.717) is 0 Å². The number of anilines is 2. The lowest BCUT2D eigenvalue weighted by Gasteiger charge is -2.22. The van der Waals surface area contributed by atoms with Crippen LogP contribution in [-0.2, 0) is 0 Å². The highest BCUT2D eigenvalue weighted by Crippen LogP contribution is 2.43. The van der Waals surface area contributed by atoms with Crippen molar-refractivity contribution in [3.8, 4) is 11.5 Å². The summed E-state index contributed by atoms with van der Waals surface area (Å²) in [5.74, 6) is 1.76. The summed E-state index contributed by atoms with van der Waals surface area (Å²) in [7, 11) is 0. The zero-order valence-electron chi connectivity index (χ0n) is 11.5. The fourth-order valence-electron chi connectivity index (χ4n) is 2.32. The van der Waals surface area contributed by atoms with E-state index in [-0.39, 0.29) is 0 Å². The van der Waals surface area contributed by atoms with Crippen LogP contribution in [0, 0.1) is 0 Å². The molecule has 0 bridgehead atoms. The zero-order chi connectivity index (χ0) is 15.5. The van der Waals surface area contributed by atoms with Crippen molar-refractivity contribution in [3.63, 3.8) is 0 Å². The Balaban J connectivity index is 0.000000325. The van der Waals surface area contributed by atoms with E-state index in [4.69, 9.17) is 19.7 Å². The first-order valence-corrected chi connectivity index (χ1v) is 6.62. The van der Waals surface area contributed by atoms with Gasteiger partial charge < -0.3 is 20.3 Å². The fraction of sp³-hybridized carbons (Fsp3) is 0. The minimum Gasteiger partial charge on any atom is -0.453 e. The predicted octanol–water partition coefficient (Wildman–Crippen LogP) is 4.91. The molecule has 1 heterocycles. The Kier molecular flexibility index (Phi) is 3.53. The number of rotatable bonds is 0. The maximum atomic E-state index is 8.56. The van der Waals surface area contributed by atoms with Gasteiger partial charge in [0.05, 0.1) is 11.4 Å². The number of benzene rings is 3. The van der Waals surface area contributed by atoms with Crippen LogP contribution in [0.5, 0.6) is 11.5 Å². The van der Waals surface area contributed by atoms with E-state index in [1.807, 2.05) is 36.4 Å². The summed E-state index contributed by atoms with van der Waals surface area (Å²) in [5.41, 5.74) is 2.03. The molecule has 22 heavy (non-hydrogen) atoms. The van der Waals surface area contributed by atoms with Crippen molar-refractivity contribution in [2.75, 3.05) is 5.32 Å². The van der Waals surface area contributed by atoms with Crippen LogP contribution < -0.4 is 10.1 Å². The molecule has 3 aromatic rings. The predicted molar refractivity (Wildman–Crippen MR) is 84.4 cm³/mol. The van der Waals surface area contributed by atoms with Crippen LogP contribution in [0.3, 0.4) is 0 Å². The molecule has 1 aliphatic heterocycles. The fourth-order valence-corrected chi connectivity index (χ4v) is 2.32. The van der Waals surface area contributed by atoms with Crippen molar-refractivity contribution in [2.45, 2.75) is 0 Å². The van der Waals surface area contributed by atoms with E-state index in [1.54, 1.807) is 0 Å². The van der Waals surface area contributed by atoms with Crippen molar-refractivity contribution in [1.82, 2.24) is 0 Å². The van der Waals surface area contributed by atoms with Crippen LogP contribution in [0.25, 0.3) is 10.8 Å². The van der Waals surface area contributed by atoms with E-state index < -0.39 is 6.16 Å². The Morgan fingerprint density at radius 1 is 0.818 bits per heavy atom. The van der Waals surface area contributed by atoms with Gasteiger partial charge in [-0.2, -0.15) is 0 Å². The van der Waals surface area contributed by atoms with Crippen LogP contribution in [-0.4, -0.2) is 16.4 Å². The number of hydrogen-bond donors (Lipinski definition) is 3. The average molecular weight is 295 g/mol. The Bertz CT molecular complexity index is 777. The maximum Gasteiger partial charge on any atom is 0.503 e. The van der Waals surface area contributed by atoms with Crippen LogP contribution in [0.1, 0.15) is 0 Å². The molecule has 0 unspecified atom stereocenters. The van der Waals surface area contributed by atoms with Gasteiger partial charge in [0, 0.05) is 0 Å². The van der Waals surface area contributed by atoms with Crippen molar-refractivity contribution in [3.05, 3.63) is 60.7 Å². The molecule has 3 aromatic carbocycles. The quantitative estimate of drug-likeness (QED) is 0.429. The third-order valence-corrected chi connectivity index (χ3v) is 3.22. The molecule has 0 saturated heterocycles. The summed E-state index contributed by atoms with van der Waals surface area (Å²) in [5, 5.41) is 19.8. The highest BCUT2D eigenvalue weighted by Gasteiger charge is 2.16. The summed E-state index contributed by atoms with van der Waals surface area (Å²) < 4.78 is 5.92. The van der Waals surface area contributed by atoms with Crippen molar-refractivity contribution in [1.29, 1.82) is 0 Å². The second-order valence-electron chi connectivity index (χ2n) is 4.70. The average Bonchev–Trinajstić information content (AvgIpc) is 2.50. The molecule has 0 aromatic heterocycles. The lowest BCUT2D eigenvalue weighted by atomic mass is 10.1. The van der Waals surface area contributed by atoms with Crippen molar-refractivity contribution >= 4 is 28.3 Å². The van der Waals surface area contributed by atoms with Crippen LogP contribution in [0.4, 0.5) is 16.2 Å². The monoisotopic (exact) mass is 295 g/mol. The summed E-state index contributed by atoms with van der Waals surface area (Å²) >= 11 is 0. The zero-order valence-corrected chi connectivity index (χ0v) is 11.5. The molecule has 0 amide bonds. The van der Waals surface area contributed by atoms with Gasteiger partial charge in [-0.25, -0.2) is 4.79 Å². The smallest absolute Gasteiger partial charge is 0.453 e. The first-order chi connectivity index (χ1) is 10.6. The van der Waals surface area contributed by atoms with E-state index in [1.165, 1.54) is 10.8 Å². The molecular formula is C17H13NO4. The minimum absolute atomic E-state index is 0.875. The van der Waals surface area contributed by atoms with Crippen LogP contribution in [0.15, 0.2) is 60.7 Å². The summed E-state index contributed by atoms with van der Waals surface area (Å²) in [4.78, 5) is 8.56. The lowest BCUT2D eigenvalue weighted by molar-refractivity contribution is 0.137. The first-order valence-electron chi connectivity index (χ1n) is 6.62. The molecular weight excluding hydrogens is 282 g/mol. The molecule has 0 aliphatic carbocycles. The van der Waals surface area contributed by atoms with E-state index in [2.05, 4.69) is 29.6 Å². The molecule has 4 rings (SSSR count). The lowest BCUT2D eigenvalue weighted by Crippen LogP contribution is -2.02. The number of carbonyl (C=O) groups is 1. The highest BCUT2D eigenvalue weighted by atomic mass is 16.6. The number of carboxylic acid groups (broad SMARTS) is 2. The first kappa shape index (κ1) is 13.8. The van der Waals surface area contributed by atoms with Gasteiger partial charge in [-0.3, -0.25) is 0 Å². The summed E-state index contributed by atoms with van der Waals surface area (Å²) in [6.45, 7) is 0. The molecule has 0 spiro atoms. The SMILES string of the molecule is O=C(O)O.c1ccc2c(c1)Nc1cc3ccccc3cc1O2. The molecule has 3 N–H and O–H groups in total. The van der Waals surface area contributed by atoms with Gasteiger partial charge in [0.25, 0.3) is 0 Å². The third kappa shape index (κ3) is 2.78. The molecule has 1 aliphatic rings. The number of para-hydroxylation sites is 2. The summed E-state index contributed by atoms with van der Waals surface area (Å²) in [6.07, 6.45) is -1.83. The number of nitrogens with one attached hydrogen (secondary N) is 1. The van der Waals surface area contributed by atoms with Crippen molar-refractivity contribution in [2.24, 2.45) is 0 Å². The van der Waals surface area contributed by atoms with Gasteiger partial charge in [0.1, 0.15) is 0 Å². The van der Waals surface area contributed by atoms with Gasteiger partial charge in [-0.1, -0.05) is 36.4 Å². The molecule has 0 saturated carbocycles. The Hall–Kier alpha value is -3.21. The second-order valence-corrected chi connectivity index (χ2v) is 4.70. The van der Waals surface area contributed by atoms with Gasteiger partial charge in [-0.05, 0) is 35.0 Å². The number of hydrogen-bond acceptors (Lipinski definition) is 3. The number of ether oxygens (including phenoxy) is 1. The maximum absolute atomic E-state index is 8.56. The van der Waals surface area contributed by atoms with Gasteiger partial charge in [0.15, 0.2) is 11.5 Å². The Morgan fingerprint density at radius 3 is 2.14 bits per heavy atom. The van der Waals surface area contributed by atoms with E-state index in [0.717, 1.165) is 22.9 Å². The molecule has 5 nitrogen and oxygen atoms in total.